The first-order valence-electron chi connectivity index (χ1n) is 6.52. The van der Waals surface area contributed by atoms with E-state index < -0.39 is 23.7 Å². The van der Waals surface area contributed by atoms with Gasteiger partial charge in [0.15, 0.2) is 0 Å². The van der Waals surface area contributed by atoms with Crippen molar-refractivity contribution in [3.63, 3.8) is 0 Å². The molecule has 0 aliphatic carbocycles. The van der Waals surface area contributed by atoms with Crippen molar-refractivity contribution in [2.24, 2.45) is 5.73 Å². The van der Waals surface area contributed by atoms with Gasteiger partial charge in [0, 0.05) is 23.0 Å². The Morgan fingerprint density at radius 3 is 2.24 bits per heavy atom. The summed E-state index contributed by atoms with van der Waals surface area (Å²) in [5.74, 6) is -1.93. The molecule has 0 bridgehead atoms. The molecule has 0 heterocycles. The van der Waals surface area contributed by atoms with E-state index >= 15 is 0 Å². The predicted molar refractivity (Wildman–Crippen MR) is 82.0 cm³/mol. The molecule has 5 heteroatoms. The van der Waals surface area contributed by atoms with Crippen LogP contribution in [-0.4, -0.2) is 11.7 Å². The molecule has 21 heavy (non-hydrogen) atoms. The summed E-state index contributed by atoms with van der Waals surface area (Å²) in [6.07, 6.45) is -0.928. The maximum Gasteiger partial charge on any atom is 0.126 e. The van der Waals surface area contributed by atoms with Crippen molar-refractivity contribution in [1.82, 2.24) is 0 Å². The van der Waals surface area contributed by atoms with Crippen molar-refractivity contribution < 1.29 is 13.9 Å². The molecule has 0 saturated carbocycles. The topological polar surface area (TPSA) is 46.2 Å². The summed E-state index contributed by atoms with van der Waals surface area (Å²) < 4.78 is 27.6. The minimum atomic E-state index is -0.928. The molecule has 0 aliphatic heterocycles. The molecule has 112 valence electrons. The van der Waals surface area contributed by atoms with Crippen LogP contribution >= 0.6 is 15.9 Å². The molecule has 0 fully saturated rings. The molecule has 2 aromatic rings. The molecule has 2 nitrogen and oxygen atoms in total. The van der Waals surface area contributed by atoms with Gasteiger partial charge in [0.25, 0.3) is 0 Å². The van der Waals surface area contributed by atoms with Crippen LogP contribution in [0.5, 0.6) is 0 Å². The quantitative estimate of drug-likeness (QED) is 0.875. The number of hydrogen-bond donors (Lipinski definition) is 2. The van der Waals surface area contributed by atoms with Crippen LogP contribution in [0.1, 0.15) is 28.7 Å². The van der Waals surface area contributed by atoms with E-state index in [0.717, 1.165) is 16.1 Å². The van der Waals surface area contributed by atoms with E-state index in [2.05, 4.69) is 15.9 Å². The highest BCUT2D eigenvalue weighted by molar-refractivity contribution is 9.10. The van der Waals surface area contributed by atoms with E-state index in [9.17, 15) is 13.9 Å². The lowest BCUT2D eigenvalue weighted by molar-refractivity contribution is 0.147. The monoisotopic (exact) mass is 355 g/mol. The molecule has 2 unspecified atom stereocenters. The van der Waals surface area contributed by atoms with E-state index in [1.807, 2.05) is 19.1 Å². The third kappa shape index (κ3) is 3.67. The van der Waals surface area contributed by atoms with Crippen molar-refractivity contribution in [2.75, 3.05) is 6.54 Å². The zero-order valence-electron chi connectivity index (χ0n) is 11.5. The molecule has 0 spiro atoms. The minimum Gasteiger partial charge on any atom is -0.388 e. The molecule has 0 amide bonds. The lowest BCUT2D eigenvalue weighted by Crippen LogP contribution is -2.20. The van der Waals surface area contributed by atoms with Gasteiger partial charge in [-0.2, -0.15) is 0 Å². The normalized spacial score (nSPS) is 14.0. The average Bonchev–Trinajstić information content (AvgIpc) is 2.41. The van der Waals surface area contributed by atoms with Crippen LogP contribution in [-0.2, 0) is 0 Å². The first-order chi connectivity index (χ1) is 9.92. The number of nitrogens with two attached hydrogens (primary N) is 1. The Bertz CT molecular complexity index is 628. The van der Waals surface area contributed by atoms with Gasteiger partial charge in [-0.15, -0.1) is 0 Å². The molecule has 0 radical (unpaired) electrons. The Labute approximate surface area is 130 Å². The lowest BCUT2D eigenvalue weighted by atomic mass is 9.88. The van der Waals surface area contributed by atoms with Gasteiger partial charge in [-0.1, -0.05) is 28.1 Å². The minimum absolute atomic E-state index is 0.0825. The number of aliphatic hydroxyl groups excluding tert-OH is 1. The molecule has 0 aliphatic rings. The van der Waals surface area contributed by atoms with Crippen LogP contribution in [0, 0.1) is 18.6 Å². The number of hydrogen-bond acceptors (Lipinski definition) is 2. The average molecular weight is 356 g/mol. The fourth-order valence-corrected chi connectivity index (χ4v) is 2.57. The van der Waals surface area contributed by atoms with Crippen LogP contribution < -0.4 is 5.73 Å². The smallest absolute Gasteiger partial charge is 0.126 e. The summed E-state index contributed by atoms with van der Waals surface area (Å²) in [5, 5.41) is 10.5. The van der Waals surface area contributed by atoms with Gasteiger partial charge in [-0.25, -0.2) is 8.78 Å². The van der Waals surface area contributed by atoms with Gasteiger partial charge in [-0.3, -0.25) is 0 Å². The third-order valence-electron chi connectivity index (χ3n) is 3.47. The molecule has 3 N–H and O–H groups in total. The molecule has 0 aromatic heterocycles. The Morgan fingerprint density at radius 2 is 1.71 bits per heavy atom. The highest BCUT2D eigenvalue weighted by Crippen LogP contribution is 2.32. The summed E-state index contributed by atoms with van der Waals surface area (Å²) in [6, 6.07) is 8.62. The number of aryl methyl sites for hydroxylation is 1. The largest absolute Gasteiger partial charge is 0.388 e. The molecule has 0 saturated heterocycles. The highest BCUT2D eigenvalue weighted by atomic mass is 79.9. The Hall–Kier alpha value is -1.30. The van der Waals surface area contributed by atoms with Crippen molar-refractivity contribution in [2.45, 2.75) is 18.9 Å². The van der Waals surface area contributed by atoms with Gasteiger partial charge in [0.05, 0.1) is 6.10 Å². The molecule has 2 aromatic carbocycles. The van der Waals surface area contributed by atoms with E-state index in [1.165, 1.54) is 12.1 Å². The Balaban J connectivity index is 2.37. The first kappa shape index (κ1) is 16.1. The van der Waals surface area contributed by atoms with Gasteiger partial charge in [-0.05, 0) is 41.8 Å². The summed E-state index contributed by atoms with van der Waals surface area (Å²) in [6.45, 7) is 1.98. The van der Waals surface area contributed by atoms with E-state index in [1.54, 1.807) is 6.07 Å². The van der Waals surface area contributed by atoms with Crippen molar-refractivity contribution >= 4 is 15.9 Å². The standard InChI is InChI=1S/C16H16BrF2NO/c1-9-4-10(2-3-15(9)17)16(21)14(8-20)11-5-12(18)7-13(19)6-11/h2-7,14,16,21H,8,20H2,1H3. The molecular weight excluding hydrogens is 340 g/mol. The van der Waals surface area contributed by atoms with Gasteiger partial charge in [0.1, 0.15) is 11.6 Å². The zero-order chi connectivity index (χ0) is 15.6. The maximum atomic E-state index is 13.3. The van der Waals surface area contributed by atoms with E-state index in [4.69, 9.17) is 5.73 Å². The SMILES string of the molecule is Cc1cc(C(O)C(CN)c2cc(F)cc(F)c2)ccc1Br. The predicted octanol–water partition coefficient (Wildman–Crippen LogP) is 3.81. The van der Waals surface area contributed by atoms with Crippen LogP contribution in [0.25, 0.3) is 0 Å². The summed E-state index contributed by atoms with van der Waals surface area (Å²) in [4.78, 5) is 0. The maximum absolute atomic E-state index is 13.3. The van der Waals surface area contributed by atoms with E-state index in [-0.39, 0.29) is 6.54 Å². The van der Waals surface area contributed by atoms with Crippen molar-refractivity contribution in [3.8, 4) is 0 Å². The Morgan fingerprint density at radius 1 is 1.10 bits per heavy atom. The van der Waals surface area contributed by atoms with Gasteiger partial charge >= 0.3 is 0 Å². The fraction of sp³-hybridized carbons (Fsp3) is 0.250. The second-order valence-corrected chi connectivity index (χ2v) is 5.85. The molecular formula is C16H16BrF2NO. The number of aliphatic hydroxyl groups is 1. The second-order valence-electron chi connectivity index (χ2n) is 5.00. The van der Waals surface area contributed by atoms with Crippen LogP contribution in [0.3, 0.4) is 0 Å². The zero-order valence-corrected chi connectivity index (χ0v) is 13.1. The fourth-order valence-electron chi connectivity index (χ4n) is 2.32. The number of halogens is 3. The van der Waals surface area contributed by atoms with Crippen molar-refractivity contribution in [3.05, 3.63) is 69.2 Å². The summed E-state index contributed by atoms with van der Waals surface area (Å²) in [7, 11) is 0. The highest BCUT2D eigenvalue weighted by Gasteiger charge is 2.23. The lowest BCUT2D eigenvalue weighted by Gasteiger charge is -2.23. The summed E-state index contributed by atoms with van der Waals surface area (Å²) in [5.41, 5.74) is 7.68. The first-order valence-corrected chi connectivity index (χ1v) is 7.32. The van der Waals surface area contributed by atoms with Crippen molar-refractivity contribution in [1.29, 1.82) is 0 Å². The second kappa shape index (κ2) is 6.64. The number of benzene rings is 2. The molecule has 2 atom stereocenters. The van der Waals surface area contributed by atoms with Gasteiger partial charge < -0.3 is 10.8 Å². The third-order valence-corrected chi connectivity index (χ3v) is 4.36. The molecule has 2 rings (SSSR count). The van der Waals surface area contributed by atoms with Crippen LogP contribution in [0.15, 0.2) is 40.9 Å². The number of rotatable bonds is 4. The Kier molecular flexibility index (Phi) is 5.08. The van der Waals surface area contributed by atoms with Crippen LogP contribution in [0.2, 0.25) is 0 Å². The summed E-state index contributed by atoms with van der Waals surface area (Å²) >= 11 is 3.39. The van der Waals surface area contributed by atoms with Gasteiger partial charge in [0.2, 0.25) is 0 Å². The van der Waals surface area contributed by atoms with E-state index in [0.29, 0.717) is 11.1 Å². The van der Waals surface area contributed by atoms with Crippen LogP contribution in [0.4, 0.5) is 8.78 Å².